The van der Waals surface area contributed by atoms with Crippen molar-refractivity contribution in [2.75, 3.05) is 0 Å². The van der Waals surface area contributed by atoms with E-state index < -0.39 is 0 Å². The molecule has 0 aromatic heterocycles. The van der Waals surface area contributed by atoms with Crippen LogP contribution in [0.25, 0.3) is 0 Å². The molecule has 0 N–H and O–H groups in total. The maximum Gasteiger partial charge on any atom is 0.0858 e. The van der Waals surface area contributed by atoms with E-state index in [-0.39, 0.29) is 0 Å². The molecule has 0 aliphatic rings. The second-order valence-electron chi connectivity index (χ2n) is 4.61. The second kappa shape index (κ2) is 10.2. The molecule has 0 rings (SSSR count). The Morgan fingerprint density at radius 3 is 2.33 bits per heavy atom. The number of hydrogen-bond donors (Lipinski definition) is 0. The molecule has 15 heavy (non-hydrogen) atoms. The molecule has 0 radical (unpaired) electrons. The first-order valence-corrected chi connectivity index (χ1v) is 6.52. The van der Waals surface area contributed by atoms with Crippen molar-refractivity contribution in [2.45, 2.75) is 72.1 Å². The van der Waals surface area contributed by atoms with Gasteiger partial charge in [-0.1, -0.05) is 52.9 Å². The van der Waals surface area contributed by atoms with Crippen molar-refractivity contribution in [1.82, 2.24) is 0 Å². The van der Waals surface area contributed by atoms with Gasteiger partial charge in [0.05, 0.1) is 6.33 Å². The van der Waals surface area contributed by atoms with Crippen LogP contribution >= 0.6 is 0 Å². The molecule has 0 heterocycles. The summed E-state index contributed by atoms with van der Waals surface area (Å²) in [7, 11) is 0. The minimum absolute atomic E-state index is 0.793. The van der Waals surface area contributed by atoms with Crippen LogP contribution in [0.5, 0.6) is 0 Å². The van der Waals surface area contributed by atoms with Crippen LogP contribution in [0.1, 0.15) is 72.1 Å². The van der Waals surface area contributed by atoms with Gasteiger partial charge in [0.25, 0.3) is 0 Å². The zero-order valence-corrected chi connectivity index (χ0v) is 10.7. The molecule has 1 atom stereocenters. The van der Waals surface area contributed by atoms with Crippen molar-refractivity contribution in [3.63, 3.8) is 0 Å². The maximum atomic E-state index is 12.3. The lowest BCUT2D eigenvalue weighted by Gasteiger charge is -2.10. The summed E-state index contributed by atoms with van der Waals surface area (Å²) in [6.07, 6.45) is 10.4. The molecular formula is C14H27F. The highest BCUT2D eigenvalue weighted by atomic mass is 19.1. The van der Waals surface area contributed by atoms with Gasteiger partial charge in [-0.3, -0.25) is 0 Å². The van der Waals surface area contributed by atoms with Gasteiger partial charge < -0.3 is 0 Å². The number of rotatable bonds is 9. The predicted molar refractivity (Wildman–Crippen MR) is 66.6 cm³/mol. The summed E-state index contributed by atoms with van der Waals surface area (Å²) in [6.45, 7) is 6.58. The smallest absolute Gasteiger partial charge is 0.0858 e. The highest BCUT2D eigenvalue weighted by molar-refractivity contribution is 4.95. The molecule has 0 aliphatic carbocycles. The molecule has 0 saturated carbocycles. The van der Waals surface area contributed by atoms with Crippen molar-refractivity contribution in [1.29, 1.82) is 0 Å². The molecule has 0 aliphatic heterocycles. The van der Waals surface area contributed by atoms with E-state index in [2.05, 4.69) is 13.8 Å². The van der Waals surface area contributed by atoms with E-state index in [1.165, 1.54) is 32.1 Å². The SMILES string of the molecule is CCCCCC(C)CCC/C(=C\F)CC. The lowest BCUT2D eigenvalue weighted by Crippen LogP contribution is -1.95. The first-order chi connectivity index (χ1) is 7.24. The Morgan fingerprint density at radius 1 is 1.13 bits per heavy atom. The lowest BCUT2D eigenvalue weighted by atomic mass is 9.96. The number of hydrogen-bond acceptors (Lipinski definition) is 0. The van der Waals surface area contributed by atoms with Crippen LogP contribution in [0.4, 0.5) is 4.39 Å². The average Bonchev–Trinajstić information content (AvgIpc) is 2.25. The summed E-state index contributed by atoms with van der Waals surface area (Å²) in [5.41, 5.74) is 0.968. The molecule has 0 bridgehead atoms. The van der Waals surface area contributed by atoms with Gasteiger partial charge in [-0.25, -0.2) is 4.39 Å². The van der Waals surface area contributed by atoms with E-state index in [1.54, 1.807) is 0 Å². The summed E-state index contributed by atoms with van der Waals surface area (Å²) in [6, 6.07) is 0. The van der Waals surface area contributed by atoms with Crippen LogP contribution in [-0.4, -0.2) is 0 Å². The summed E-state index contributed by atoms with van der Waals surface area (Å²) in [5.74, 6) is 0.814. The molecule has 1 unspecified atom stereocenters. The van der Waals surface area contributed by atoms with E-state index in [0.717, 1.165) is 37.1 Å². The normalized spacial score (nSPS) is 14.3. The van der Waals surface area contributed by atoms with Crippen LogP contribution in [-0.2, 0) is 0 Å². The van der Waals surface area contributed by atoms with Crippen LogP contribution in [0.2, 0.25) is 0 Å². The molecule has 0 saturated heterocycles. The standard InChI is InChI=1S/C14H27F/c1-4-6-7-9-13(3)10-8-11-14(5-2)12-15/h12-13H,4-11H2,1-3H3/b14-12-. The number of unbranched alkanes of at least 4 members (excludes halogenated alkanes) is 2. The Bertz CT molecular complexity index is 161. The van der Waals surface area contributed by atoms with Crippen LogP contribution < -0.4 is 0 Å². The summed E-state index contributed by atoms with van der Waals surface area (Å²) < 4.78 is 12.3. The third-order valence-electron chi connectivity index (χ3n) is 3.10. The topological polar surface area (TPSA) is 0 Å². The second-order valence-corrected chi connectivity index (χ2v) is 4.61. The van der Waals surface area contributed by atoms with Crippen LogP contribution in [0.3, 0.4) is 0 Å². The van der Waals surface area contributed by atoms with E-state index in [1.807, 2.05) is 6.92 Å². The van der Waals surface area contributed by atoms with Crippen molar-refractivity contribution in [3.8, 4) is 0 Å². The Balaban J connectivity index is 3.41. The predicted octanol–water partition coefficient (Wildman–Crippen LogP) is 5.64. The van der Waals surface area contributed by atoms with Gasteiger partial charge in [0.2, 0.25) is 0 Å². The van der Waals surface area contributed by atoms with E-state index >= 15 is 0 Å². The molecule has 0 fully saturated rings. The van der Waals surface area contributed by atoms with Gasteiger partial charge in [-0.05, 0) is 30.8 Å². The molecule has 0 spiro atoms. The summed E-state index contributed by atoms with van der Waals surface area (Å²) >= 11 is 0. The molecule has 1 heteroatoms. The van der Waals surface area contributed by atoms with Crippen molar-refractivity contribution >= 4 is 0 Å². The van der Waals surface area contributed by atoms with Gasteiger partial charge in [-0.2, -0.15) is 0 Å². The van der Waals surface area contributed by atoms with Crippen molar-refractivity contribution in [3.05, 3.63) is 11.9 Å². The minimum atomic E-state index is 0.793. The molecule has 0 aromatic rings. The Labute approximate surface area is 95.0 Å². The highest BCUT2D eigenvalue weighted by Crippen LogP contribution is 2.19. The third-order valence-corrected chi connectivity index (χ3v) is 3.10. The largest absolute Gasteiger partial charge is 0.216 e. The van der Waals surface area contributed by atoms with Gasteiger partial charge in [0.15, 0.2) is 0 Å². The van der Waals surface area contributed by atoms with E-state index in [9.17, 15) is 4.39 Å². The number of halogens is 1. The summed E-state index contributed by atoms with van der Waals surface area (Å²) in [5, 5.41) is 0. The Kier molecular flexibility index (Phi) is 9.97. The minimum Gasteiger partial charge on any atom is -0.216 e. The fourth-order valence-electron chi connectivity index (χ4n) is 1.87. The fraction of sp³-hybridized carbons (Fsp3) is 0.857. The first kappa shape index (κ1) is 14.7. The van der Waals surface area contributed by atoms with Gasteiger partial charge in [0.1, 0.15) is 0 Å². The summed E-state index contributed by atoms with van der Waals surface area (Å²) in [4.78, 5) is 0. The first-order valence-electron chi connectivity index (χ1n) is 6.52. The lowest BCUT2D eigenvalue weighted by molar-refractivity contribution is 0.448. The quantitative estimate of drug-likeness (QED) is 0.436. The fourth-order valence-corrected chi connectivity index (χ4v) is 1.87. The Hall–Kier alpha value is -0.330. The Morgan fingerprint density at radius 2 is 1.80 bits per heavy atom. The maximum absolute atomic E-state index is 12.3. The molecular weight excluding hydrogens is 187 g/mol. The molecule has 0 amide bonds. The van der Waals surface area contributed by atoms with Gasteiger partial charge in [-0.15, -0.1) is 0 Å². The van der Waals surface area contributed by atoms with Crippen molar-refractivity contribution in [2.24, 2.45) is 5.92 Å². The zero-order chi connectivity index (χ0) is 11.5. The van der Waals surface area contributed by atoms with Gasteiger partial charge in [0, 0.05) is 0 Å². The molecule has 0 aromatic carbocycles. The van der Waals surface area contributed by atoms with E-state index in [0.29, 0.717) is 0 Å². The van der Waals surface area contributed by atoms with Crippen molar-refractivity contribution < 1.29 is 4.39 Å². The molecule has 0 nitrogen and oxygen atoms in total. The van der Waals surface area contributed by atoms with Crippen LogP contribution in [0.15, 0.2) is 11.9 Å². The molecule has 90 valence electrons. The van der Waals surface area contributed by atoms with Gasteiger partial charge >= 0.3 is 0 Å². The average molecular weight is 214 g/mol. The monoisotopic (exact) mass is 214 g/mol. The number of allylic oxidation sites excluding steroid dienone is 1. The zero-order valence-electron chi connectivity index (χ0n) is 10.7. The third kappa shape index (κ3) is 8.65. The van der Waals surface area contributed by atoms with Crippen LogP contribution in [0, 0.1) is 5.92 Å². The highest BCUT2D eigenvalue weighted by Gasteiger charge is 2.02. The van der Waals surface area contributed by atoms with E-state index in [4.69, 9.17) is 0 Å².